The van der Waals surface area contributed by atoms with Crippen molar-refractivity contribution in [3.05, 3.63) is 36.4 Å². The quantitative estimate of drug-likeness (QED) is 0.610. The van der Waals surface area contributed by atoms with E-state index < -0.39 is 28.7 Å². The number of carbonyl (C=O) groups is 1. The van der Waals surface area contributed by atoms with Crippen LogP contribution in [0.25, 0.3) is 6.08 Å². The molecule has 0 aromatic heterocycles. The first-order chi connectivity index (χ1) is 10.6. The van der Waals surface area contributed by atoms with Gasteiger partial charge in [-0.05, 0) is 44.4 Å². The van der Waals surface area contributed by atoms with Gasteiger partial charge in [-0.1, -0.05) is 38.6 Å². The van der Waals surface area contributed by atoms with E-state index in [0.29, 0.717) is 4.90 Å². The maximum Gasteiger partial charge on any atom is 0.326 e. The summed E-state index contributed by atoms with van der Waals surface area (Å²) in [5.74, 6) is -0.517. The predicted molar refractivity (Wildman–Crippen MR) is 91.6 cm³/mol. The predicted octanol–water partition coefficient (Wildman–Crippen LogP) is 3.24. The van der Waals surface area contributed by atoms with Crippen molar-refractivity contribution in [3.63, 3.8) is 0 Å². The Morgan fingerprint density at radius 3 is 2.26 bits per heavy atom. The van der Waals surface area contributed by atoms with Gasteiger partial charge >= 0.3 is 5.97 Å². The van der Waals surface area contributed by atoms with Crippen LogP contribution >= 0.6 is 0 Å². The Morgan fingerprint density at radius 2 is 1.83 bits per heavy atom. The zero-order valence-electron chi connectivity index (χ0n) is 14.3. The minimum absolute atomic E-state index is 0.0787. The highest BCUT2D eigenvalue weighted by Crippen LogP contribution is 2.14. The molecule has 0 radical (unpaired) electrons. The zero-order valence-corrected chi connectivity index (χ0v) is 15.1. The van der Waals surface area contributed by atoms with Gasteiger partial charge in [-0.2, -0.15) is 9.76 Å². The first-order valence-corrected chi connectivity index (χ1v) is 8.51. The molecule has 0 fully saturated rings. The summed E-state index contributed by atoms with van der Waals surface area (Å²) in [5.41, 5.74) is 2.91. The van der Waals surface area contributed by atoms with Gasteiger partial charge in [0.2, 0.25) is 11.1 Å². The first-order valence-electron chi connectivity index (χ1n) is 7.44. The second kappa shape index (κ2) is 8.38. The van der Waals surface area contributed by atoms with Crippen molar-refractivity contribution in [3.8, 4) is 0 Å². The Morgan fingerprint density at radius 1 is 1.26 bits per heavy atom. The average molecular weight is 339 g/mol. The number of ether oxygens (including phenoxy) is 1. The van der Waals surface area contributed by atoms with Gasteiger partial charge in [-0.25, -0.2) is 4.21 Å². The van der Waals surface area contributed by atoms with Crippen molar-refractivity contribution < 1.29 is 18.0 Å². The summed E-state index contributed by atoms with van der Waals surface area (Å²) in [7, 11) is 0. The minimum atomic E-state index is -1.72. The number of hydrogen-bond acceptors (Lipinski definition) is 5. The molecule has 0 aliphatic carbocycles. The Kier molecular flexibility index (Phi) is 7.12. The summed E-state index contributed by atoms with van der Waals surface area (Å²) < 4.78 is 22.6. The lowest BCUT2D eigenvalue weighted by Gasteiger charge is -2.25. The summed E-state index contributed by atoms with van der Waals surface area (Å²) in [4.78, 5) is 12.7. The Labute approximate surface area is 140 Å². The first kappa shape index (κ1) is 19.5. The molecule has 1 rings (SSSR count). The lowest BCUT2D eigenvalue weighted by Crippen LogP contribution is -2.44. The van der Waals surface area contributed by atoms with E-state index in [2.05, 4.69) is 12.1 Å². The van der Waals surface area contributed by atoms with Crippen LogP contribution in [-0.4, -0.2) is 21.8 Å². The van der Waals surface area contributed by atoms with E-state index in [1.54, 1.807) is 51.1 Å². The summed E-state index contributed by atoms with van der Waals surface area (Å²) >= 11 is -1.72. The second-order valence-corrected chi connectivity index (χ2v) is 7.57. The molecule has 0 amide bonds. The molecule has 0 aliphatic heterocycles. The standard InChI is InChI=1S/C17H25NO4S/c1-7-13-8-10-14(11-9-13)23(20)22-18-15(12(2)3)16(19)21-17(4,5)6/h7-12,15,18H,1H2,2-6H3. The highest BCUT2D eigenvalue weighted by molar-refractivity contribution is 7.80. The third-order valence-electron chi connectivity index (χ3n) is 2.89. The second-order valence-electron chi connectivity index (χ2n) is 6.46. The molecule has 128 valence electrons. The van der Waals surface area contributed by atoms with Crippen LogP contribution in [-0.2, 0) is 24.9 Å². The molecule has 0 aliphatic rings. The largest absolute Gasteiger partial charge is 0.459 e. The van der Waals surface area contributed by atoms with E-state index in [4.69, 9.17) is 9.02 Å². The molecule has 0 bridgehead atoms. The van der Waals surface area contributed by atoms with E-state index in [1.807, 2.05) is 13.8 Å². The third kappa shape index (κ3) is 6.64. The fraction of sp³-hybridized carbons (Fsp3) is 0.471. The fourth-order valence-electron chi connectivity index (χ4n) is 1.68. The maximum absolute atomic E-state index is 12.2. The molecular weight excluding hydrogens is 314 g/mol. The van der Waals surface area contributed by atoms with Gasteiger partial charge in [-0.15, -0.1) is 0 Å². The molecule has 2 unspecified atom stereocenters. The number of benzene rings is 1. The van der Waals surface area contributed by atoms with Gasteiger partial charge in [0, 0.05) is 0 Å². The summed E-state index contributed by atoms with van der Waals surface area (Å²) in [6.45, 7) is 12.8. The molecule has 1 aromatic rings. The molecule has 0 heterocycles. The summed E-state index contributed by atoms with van der Waals surface area (Å²) in [6.07, 6.45) is 1.70. The molecule has 1 N–H and O–H groups in total. The van der Waals surface area contributed by atoms with Crippen LogP contribution in [0.5, 0.6) is 0 Å². The van der Waals surface area contributed by atoms with Gasteiger partial charge in [0.05, 0.1) is 4.90 Å². The molecule has 0 spiro atoms. The molecule has 0 saturated carbocycles. The van der Waals surface area contributed by atoms with E-state index in [9.17, 15) is 9.00 Å². The number of hydrogen-bond donors (Lipinski definition) is 1. The molecule has 6 heteroatoms. The van der Waals surface area contributed by atoms with Crippen molar-refractivity contribution >= 4 is 23.1 Å². The Balaban J connectivity index is 2.68. The molecular formula is C17H25NO4S. The van der Waals surface area contributed by atoms with Crippen LogP contribution in [0.3, 0.4) is 0 Å². The van der Waals surface area contributed by atoms with E-state index in [-0.39, 0.29) is 5.92 Å². The van der Waals surface area contributed by atoms with Crippen molar-refractivity contribution in [2.75, 3.05) is 0 Å². The molecule has 1 aromatic carbocycles. The van der Waals surface area contributed by atoms with Gasteiger partial charge in [0.15, 0.2) is 0 Å². The lowest BCUT2D eigenvalue weighted by molar-refractivity contribution is -0.161. The van der Waals surface area contributed by atoms with Gasteiger partial charge in [0.25, 0.3) is 0 Å². The third-order valence-corrected chi connectivity index (χ3v) is 3.79. The van der Waals surface area contributed by atoms with E-state index >= 15 is 0 Å². The molecule has 2 atom stereocenters. The van der Waals surface area contributed by atoms with Gasteiger partial charge < -0.3 is 4.74 Å². The van der Waals surface area contributed by atoms with Crippen molar-refractivity contribution in [2.24, 2.45) is 5.92 Å². The fourth-order valence-corrected chi connectivity index (χ4v) is 2.33. The number of esters is 1. The number of rotatable bonds is 7. The van der Waals surface area contributed by atoms with Crippen molar-refractivity contribution in [2.45, 2.75) is 51.2 Å². The van der Waals surface area contributed by atoms with E-state index in [0.717, 1.165) is 5.56 Å². The Hall–Kier alpha value is -1.50. The summed E-state index contributed by atoms with van der Waals surface area (Å²) in [6, 6.07) is 6.25. The maximum atomic E-state index is 12.2. The monoisotopic (exact) mass is 339 g/mol. The normalized spacial score (nSPS) is 14.3. The highest BCUT2D eigenvalue weighted by Gasteiger charge is 2.28. The Bertz CT molecular complexity index is 561. The van der Waals surface area contributed by atoms with Crippen LogP contribution in [0.4, 0.5) is 0 Å². The summed E-state index contributed by atoms with van der Waals surface area (Å²) in [5, 5.41) is 0. The zero-order chi connectivity index (χ0) is 17.6. The van der Waals surface area contributed by atoms with Crippen LogP contribution in [0.2, 0.25) is 0 Å². The minimum Gasteiger partial charge on any atom is -0.459 e. The van der Waals surface area contributed by atoms with Gasteiger partial charge in [0.1, 0.15) is 11.6 Å². The topological polar surface area (TPSA) is 64.6 Å². The smallest absolute Gasteiger partial charge is 0.326 e. The van der Waals surface area contributed by atoms with Crippen LogP contribution in [0, 0.1) is 5.92 Å². The van der Waals surface area contributed by atoms with Crippen LogP contribution in [0.15, 0.2) is 35.7 Å². The van der Waals surface area contributed by atoms with Crippen LogP contribution < -0.4 is 5.48 Å². The number of carbonyl (C=O) groups excluding carboxylic acids is 1. The van der Waals surface area contributed by atoms with Crippen molar-refractivity contribution in [1.82, 2.24) is 5.48 Å². The van der Waals surface area contributed by atoms with Gasteiger partial charge in [-0.3, -0.25) is 4.79 Å². The average Bonchev–Trinajstić information content (AvgIpc) is 2.45. The van der Waals surface area contributed by atoms with E-state index in [1.165, 1.54) is 0 Å². The lowest BCUT2D eigenvalue weighted by atomic mass is 10.1. The molecule has 23 heavy (non-hydrogen) atoms. The van der Waals surface area contributed by atoms with Crippen molar-refractivity contribution in [1.29, 1.82) is 0 Å². The van der Waals surface area contributed by atoms with Crippen LogP contribution in [0.1, 0.15) is 40.2 Å². The SMILES string of the molecule is C=Cc1ccc(S(=O)ONC(C(=O)OC(C)(C)C)C(C)C)cc1. The highest BCUT2D eigenvalue weighted by atomic mass is 32.2. The number of hydroxylamine groups is 1. The number of nitrogens with one attached hydrogen (secondary N) is 1. The molecule has 0 saturated heterocycles. The molecule has 5 nitrogen and oxygen atoms in total.